The minimum atomic E-state index is -0.616. The first-order chi connectivity index (χ1) is 6.57. The Hall–Kier alpha value is -1.00. The molecule has 1 aromatic rings. The molecule has 0 amide bonds. The van der Waals surface area contributed by atoms with Crippen LogP contribution < -0.4 is 11.5 Å². The van der Waals surface area contributed by atoms with Crippen molar-refractivity contribution in [3.8, 4) is 5.75 Å². The lowest BCUT2D eigenvalue weighted by Gasteiger charge is -2.13. The molecule has 0 aromatic heterocycles. The Labute approximate surface area is 94.7 Å². The molecule has 3 nitrogen and oxygen atoms in total. The van der Waals surface area contributed by atoms with Gasteiger partial charge in [0, 0.05) is 11.6 Å². The van der Waals surface area contributed by atoms with E-state index in [2.05, 4.69) is 0 Å². The Morgan fingerprint density at radius 2 is 2.07 bits per heavy atom. The summed E-state index contributed by atoms with van der Waals surface area (Å²) in [5.41, 5.74) is 11.4. The second-order valence-corrected chi connectivity index (χ2v) is 3.29. The Bertz CT molecular complexity index is 333. The lowest BCUT2D eigenvalue weighted by atomic mass is 10.0. The summed E-state index contributed by atoms with van der Waals surface area (Å²) in [6.45, 7) is 1.99. The van der Waals surface area contributed by atoms with Crippen LogP contribution in [0.2, 0.25) is 0 Å². The third-order valence-electron chi connectivity index (χ3n) is 2.19. The van der Waals surface area contributed by atoms with E-state index in [4.69, 9.17) is 11.5 Å². The molecule has 1 aromatic carbocycles. The highest BCUT2D eigenvalue weighted by Crippen LogP contribution is 2.32. The predicted molar refractivity (Wildman–Crippen MR) is 61.6 cm³/mol. The average Bonchev–Trinajstić information content (AvgIpc) is 2.15. The Morgan fingerprint density at radius 3 is 2.60 bits per heavy atom. The van der Waals surface area contributed by atoms with Gasteiger partial charge in [-0.15, -0.1) is 12.4 Å². The zero-order valence-electron chi connectivity index (χ0n) is 8.53. The van der Waals surface area contributed by atoms with Crippen molar-refractivity contribution in [3.05, 3.63) is 23.5 Å². The summed E-state index contributed by atoms with van der Waals surface area (Å²) in [5.74, 6) is -0.846. The van der Waals surface area contributed by atoms with Crippen LogP contribution in [0.15, 0.2) is 12.1 Å². The van der Waals surface area contributed by atoms with Crippen LogP contribution in [0.3, 0.4) is 0 Å². The molecule has 0 aliphatic rings. The molecule has 0 unspecified atom stereocenters. The highest BCUT2D eigenvalue weighted by Gasteiger charge is 2.14. The van der Waals surface area contributed by atoms with Gasteiger partial charge in [0.05, 0.1) is 0 Å². The minimum Gasteiger partial charge on any atom is -0.505 e. The van der Waals surface area contributed by atoms with Crippen molar-refractivity contribution in [2.75, 3.05) is 5.73 Å². The maximum Gasteiger partial charge on any atom is 0.149 e. The molecule has 1 atom stereocenters. The molecule has 0 radical (unpaired) electrons. The first-order valence-corrected chi connectivity index (χ1v) is 4.60. The lowest BCUT2D eigenvalue weighted by molar-refractivity contribution is 0.456. The normalized spacial score (nSPS) is 11.9. The highest BCUT2D eigenvalue weighted by atomic mass is 35.5. The maximum atomic E-state index is 12.9. The molecular weight excluding hydrogens is 219 g/mol. The molecule has 0 saturated carbocycles. The van der Waals surface area contributed by atoms with Gasteiger partial charge in [-0.2, -0.15) is 0 Å². The number of hydrogen-bond acceptors (Lipinski definition) is 3. The molecular formula is C10H16ClFN2O. The van der Waals surface area contributed by atoms with E-state index in [0.29, 0.717) is 5.56 Å². The van der Waals surface area contributed by atoms with Crippen LogP contribution in [-0.4, -0.2) is 5.11 Å². The standard InChI is InChI=1S/C10H15FN2O.ClH/c1-2-3-8(12)6-4-5-7(11)9(13)10(6)14;/h4-5,8,14H,2-3,12-13H2,1H3;1H/t8-;/m0./s1. The SMILES string of the molecule is CCC[C@H](N)c1ccc(F)c(N)c1O.Cl. The minimum absolute atomic E-state index is 0. The van der Waals surface area contributed by atoms with Crippen LogP contribution in [0, 0.1) is 5.82 Å². The number of halogens is 2. The number of aromatic hydroxyl groups is 1. The first-order valence-electron chi connectivity index (χ1n) is 4.60. The van der Waals surface area contributed by atoms with Crippen LogP contribution in [-0.2, 0) is 0 Å². The van der Waals surface area contributed by atoms with Gasteiger partial charge in [-0.1, -0.05) is 19.4 Å². The van der Waals surface area contributed by atoms with E-state index in [1.54, 1.807) is 0 Å². The van der Waals surface area contributed by atoms with E-state index in [9.17, 15) is 9.50 Å². The molecule has 5 N–H and O–H groups in total. The summed E-state index contributed by atoms with van der Waals surface area (Å²) >= 11 is 0. The second kappa shape index (κ2) is 5.78. The first kappa shape index (κ1) is 14.0. The molecule has 0 heterocycles. The smallest absolute Gasteiger partial charge is 0.149 e. The fraction of sp³-hybridized carbons (Fsp3) is 0.400. The van der Waals surface area contributed by atoms with Crippen LogP contribution in [0.25, 0.3) is 0 Å². The molecule has 0 fully saturated rings. The number of nitrogen functional groups attached to an aromatic ring is 1. The molecule has 0 bridgehead atoms. The number of phenols is 1. The van der Waals surface area contributed by atoms with Crippen molar-refractivity contribution < 1.29 is 9.50 Å². The van der Waals surface area contributed by atoms with Gasteiger partial charge >= 0.3 is 0 Å². The molecule has 0 aliphatic heterocycles. The van der Waals surface area contributed by atoms with Gasteiger partial charge in [0.2, 0.25) is 0 Å². The van der Waals surface area contributed by atoms with Gasteiger partial charge in [0.25, 0.3) is 0 Å². The highest BCUT2D eigenvalue weighted by molar-refractivity contribution is 5.85. The Kier molecular flexibility index (Phi) is 5.39. The summed E-state index contributed by atoms with van der Waals surface area (Å²) in [6.07, 6.45) is 1.64. The third kappa shape index (κ3) is 2.97. The summed E-state index contributed by atoms with van der Waals surface area (Å²) in [5, 5.41) is 9.53. The lowest BCUT2D eigenvalue weighted by Crippen LogP contribution is -2.11. The van der Waals surface area contributed by atoms with E-state index in [1.807, 2.05) is 6.92 Å². The summed E-state index contributed by atoms with van der Waals surface area (Å²) < 4.78 is 12.9. The zero-order chi connectivity index (χ0) is 10.7. The van der Waals surface area contributed by atoms with E-state index >= 15 is 0 Å². The van der Waals surface area contributed by atoms with Crippen molar-refractivity contribution in [2.45, 2.75) is 25.8 Å². The van der Waals surface area contributed by atoms with Gasteiger partial charge in [0.15, 0.2) is 0 Å². The second-order valence-electron chi connectivity index (χ2n) is 3.29. The molecule has 1 rings (SSSR count). The maximum absolute atomic E-state index is 12.9. The molecule has 0 aliphatic carbocycles. The van der Waals surface area contributed by atoms with Crippen LogP contribution >= 0.6 is 12.4 Å². The topological polar surface area (TPSA) is 72.3 Å². The van der Waals surface area contributed by atoms with Crippen molar-refractivity contribution in [1.29, 1.82) is 0 Å². The summed E-state index contributed by atoms with van der Waals surface area (Å²) in [6, 6.07) is 2.41. The summed E-state index contributed by atoms with van der Waals surface area (Å²) in [4.78, 5) is 0. The Morgan fingerprint density at radius 1 is 1.47 bits per heavy atom. The molecule has 15 heavy (non-hydrogen) atoms. The van der Waals surface area contributed by atoms with Gasteiger partial charge in [-0.05, 0) is 12.5 Å². The monoisotopic (exact) mass is 234 g/mol. The van der Waals surface area contributed by atoms with E-state index < -0.39 is 5.82 Å². The average molecular weight is 235 g/mol. The molecule has 0 spiro atoms. The number of nitrogens with two attached hydrogens (primary N) is 2. The van der Waals surface area contributed by atoms with Gasteiger partial charge in [0.1, 0.15) is 17.3 Å². The molecule has 0 saturated heterocycles. The largest absolute Gasteiger partial charge is 0.505 e. The fourth-order valence-electron chi connectivity index (χ4n) is 1.37. The number of benzene rings is 1. The third-order valence-corrected chi connectivity index (χ3v) is 2.19. The van der Waals surface area contributed by atoms with Crippen molar-refractivity contribution in [2.24, 2.45) is 5.73 Å². The van der Waals surface area contributed by atoms with E-state index in [-0.39, 0.29) is 29.9 Å². The van der Waals surface area contributed by atoms with Gasteiger partial charge in [-0.25, -0.2) is 4.39 Å². The van der Waals surface area contributed by atoms with Crippen LogP contribution in [0.5, 0.6) is 5.75 Å². The van der Waals surface area contributed by atoms with Crippen LogP contribution in [0.1, 0.15) is 31.4 Å². The van der Waals surface area contributed by atoms with E-state index in [1.165, 1.54) is 12.1 Å². The van der Waals surface area contributed by atoms with Crippen molar-refractivity contribution in [3.63, 3.8) is 0 Å². The van der Waals surface area contributed by atoms with Crippen LogP contribution in [0.4, 0.5) is 10.1 Å². The Balaban J connectivity index is 0.00000196. The summed E-state index contributed by atoms with van der Waals surface area (Å²) in [7, 11) is 0. The van der Waals surface area contributed by atoms with Gasteiger partial charge < -0.3 is 16.6 Å². The number of phenolic OH excluding ortho intramolecular Hbond substituents is 1. The molecule has 86 valence electrons. The van der Waals surface area contributed by atoms with Crippen molar-refractivity contribution in [1.82, 2.24) is 0 Å². The van der Waals surface area contributed by atoms with Gasteiger partial charge in [-0.3, -0.25) is 0 Å². The number of rotatable bonds is 3. The van der Waals surface area contributed by atoms with E-state index in [0.717, 1.165) is 12.8 Å². The fourth-order valence-corrected chi connectivity index (χ4v) is 1.37. The van der Waals surface area contributed by atoms with Crippen molar-refractivity contribution >= 4 is 18.1 Å². The predicted octanol–water partition coefficient (Wildman–Crippen LogP) is 2.34. The number of anilines is 1. The number of hydrogen-bond donors (Lipinski definition) is 3. The quantitative estimate of drug-likeness (QED) is 0.555. The zero-order valence-corrected chi connectivity index (χ0v) is 9.35. The molecule has 5 heteroatoms.